The van der Waals surface area contributed by atoms with Crippen molar-refractivity contribution in [3.63, 3.8) is 0 Å². The Hall–Kier alpha value is -2.12. The highest BCUT2D eigenvalue weighted by molar-refractivity contribution is 6.00. The van der Waals surface area contributed by atoms with Gasteiger partial charge in [0.15, 0.2) is 0 Å². The normalized spacial score (nSPS) is 22.9. The van der Waals surface area contributed by atoms with Crippen LogP contribution in [0.5, 0.6) is 5.75 Å². The topological polar surface area (TPSA) is 71.1 Å². The molecule has 2 fully saturated rings. The van der Waals surface area contributed by atoms with E-state index in [1.807, 2.05) is 32.0 Å². The van der Waals surface area contributed by atoms with E-state index < -0.39 is 11.6 Å². The molecule has 0 saturated carbocycles. The highest BCUT2D eigenvalue weighted by Crippen LogP contribution is 2.36. The molecule has 0 aromatic heterocycles. The highest BCUT2D eigenvalue weighted by atomic mass is 16.5. The van der Waals surface area contributed by atoms with Crippen molar-refractivity contribution in [1.82, 2.24) is 15.1 Å². The second-order valence-electron chi connectivity index (χ2n) is 9.92. The van der Waals surface area contributed by atoms with Crippen LogP contribution in [0.3, 0.4) is 0 Å². The van der Waals surface area contributed by atoms with E-state index in [9.17, 15) is 9.59 Å². The average Bonchev–Trinajstić information content (AvgIpc) is 2.89. The third-order valence-electron chi connectivity index (χ3n) is 7.27. The number of likely N-dealkylation sites (tertiary alicyclic amines) is 1. The second kappa shape index (κ2) is 9.40. The van der Waals surface area contributed by atoms with Crippen molar-refractivity contribution < 1.29 is 19.1 Å². The number of carbonyl (C=O) groups excluding carboxylic acids is 2. The zero-order chi connectivity index (χ0) is 22.9. The fourth-order valence-corrected chi connectivity index (χ4v) is 5.04. The number of fused-ring (bicyclic) bond motifs is 1. The molecule has 1 aromatic carbocycles. The van der Waals surface area contributed by atoms with Crippen molar-refractivity contribution in [1.29, 1.82) is 0 Å². The molecule has 0 aliphatic carbocycles. The Balaban J connectivity index is 1.52. The molecular formula is C25H37N3O4. The molecule has 2 saturated heterocycles. The molecule has 1 spiro atoms. The molecule has 3 aliphatic heterocycles. The van der Waals surface area contributed by atoms with Crippen LogP contribution >= 0.6 is 0 Å². The predicted octanol–water partition coefficient (Wildman–Crippen LogP) is 2.76. The van der Waals surface area contributed by atoms with Crippen molar-refractivity contribution in [2.45, 2.75) is 77.1 Å². The summed E-state index contributed by atoms with van der Waals surface area (Å²) in [4.78, 5) is 31.0. The Morgan fingerprint density at radius 2 is 1.84 bits per heavy atom. The zero-order valence-corrected chi connectivity index (χ0v) is 19.9. The van der Waals surface area contributed by atoms with Gasteiger partial charge in [-0.05, 0) is 52.7 Å². The molecule has 0 radical (unpaired) electrons. The van der Waals surface area contributed by atoms with Gasteiger partial charge < -0.3 is 24.6 Å². The lowest BCUT2D eigenvalue weighted by molar-refractivity contribution is -0.127. The van der Waals surface area contributed by atoms with Crippen molar-refractivity contribution in [3.05, 3.63) is 29.3 Å². The van der Waals surface area contributed by atoms with Crippen LogP contribution in [0.15, 0.2) is 18.2 Å². The first-order valence-electron chi connectivity index (χ1n) is 12.0. The maximum Gasteiger partial charge on any atom is 0.258 e. The summed E-state index contributed by atoms with van der Waals surface area (Å²) in [6.07, 6.45) is 3.28. The fourth-order valence-electron chi connectivity index (χ4n) is 5.04. The summed E-state index contributed by atoms with van der Waals surface area (Å²) in [6.45, 7) is 11.8. The Labute approximate surface area is 191 Å². The minimum absolute atomic E-state index is 0.0836. The predicted molar refractivity (Wildman–Crippen MR) is 123 cm³/mol. The van der Waals surface area contributed by atoms with Crippen molar-refractivity contribution >= 4 is 11.8 Å². The molecule has 4 rings (SSSR count). The van der Waals surface area contributed by atoms with Gasteiger partial charge in [0.05, 0.1) is 25.3 Å². The summed E-state index contributed by atoms with van der Waals surface area (Å²) in [5.41, 5.74) is 1.02. The molecule has 0 bridgehead atoms. The number of aryl methyl sites for hydroxylation is 1. The van der Waals surface area contributed by atoms with Crippen LogP contribution in [0.1, 0.15) is 62.4 Å². The molecule has 1 atom stereocenters. The number of amides is 2. The van der Waals surface area contributed by atoms with E-state index in [1.54, 1.807) is 4.90 Å². The van der Waals surface area contributed by atoms with Crippen LogP contribution < -0.4 is 10.1 Å². The zero-order valence-electron chi connectivity index (χ0n) is 19.9. The maximum atomic E-state index is 13.6. The Morgan fingerprint density at radius 1 is 1.16 bits per heavy atom. The quantitative estimate of drug-likeness (QED) is 0.775. The number of ether oxygens (including phenoxy) is 2. The van der Waals surface area contributed by atoms with E-state index in [0.29, 0.717) is 50.0 Å². The van der Waals surface area contributed by atoms with Gasteiger partial charge in [-0.25, -0.2) is 0 Å². The molecule has 2 amide bonds. The first-order chi connectivity index (χ1) is 15.3. The van der Waals surface area contributed by atoms with Crippen LogP contribution in [0, 0.1) is 6.92 Å². The maximum absolute atomic E-state index is 13.6. The summed E-state index contributed by atoms with van der Waals surface area (Å²) in [6, 6.07) is 5.84. The number of hydrogen-bond acceptors (Lipinski definition) is 5. The van der Waals surface area contributed by atoms with Gasteiger partial charge in [0.25, 0.3) is 5.91 Å². The van der Waals surface area contributed by atoms with E-state index in [4.69, 9.17) is 9.47 Å². The minimum atomic E-state index is -0.569. The van der Waals surface area contributed by atoms with E-state index in [-0.39, 0.29) is 17.9 Å². The summed E-state index contributed by atoms with van der Waals surface area (Å²) in [5.74, 6) is 0.391. The van der Waals surface area contributed by atoms with Crippen LogP contribution in [-0.2, 0) is 9.53 Å². The minimum Gasteiger partial charge on any atom is -0.484 e. The highest BCUT2D eigenvalue weighted by Gasteiger charge is 2.44. The van der Waals surface area contributed by atoms with Crippen LogP contribution in [0.4, 0.5) is 0 Å². The Bertz CT molecular complexity index is 842. The lowest BCUT2D eigenvalue weighted by Gasteiger charge is -2.40. The van der Waals surface area contributed by atoms with E-state index >= 15 is 0 Å². The first kappa shape index (κ1) is 23.1. The summed E-state index contributed by atoms with van der Waals surface area (Å²) >= 11 is 0. The molecule has 1 N–H and O–H groups in total. The van der Waals surface area contributed by atoms with Gasteiger partial charge in [-0.1, -0.05) is 11.6 Å². The SMILES string of the molecule is Cc1ccc2c(c1)C(=O)N(C(C)C(=O)NC1CCN(C(C)C)CC1)CC1(CCOCC1)O2. The summed E-state index contributed by atoms with van der Waals surface area (Å²) in [5, 5.41) is 3.22. The van der Waals surface area contributed by atoms with Gasteiger partial charge in [-0.15, -0.1) is 0 Å². The lowest BCUT2D eigenvalue weighted by atomic mass is 9.92. The lowest BCUT2D eigenvalue weighted by Crippen LogP contribution is -2.57. The van der Waals surface area contributed by atoms with Gasteiger partial charge in [-0.3, -0.25) is 9.59 Å². The number of nitrogens with zero attached hydrogens (tertiary/aromatic N) is 2. The second-order valence-corrected chi connectivity index (χ2v) is 9.92. The number of nitrogens with one attached hydrogen (secondary N) is 1. The largest absolute Gasteiger partial charge is 0.484 e. The van der Waals surface area contributed by atoms with Crippen LogP contribution in [-0.4, -0.2) is 78.2 Å². The molecule has 176 valence electrons. The van der Waals surface area contributed by atoms with Gasteiger partial charge in [0, 0.05) is 38.0 Å². The Kier molecular flexibility index (Phi) is 6.77. The summed E-state index contributed by atoms with van der Waals surface area (Å²) in [7, 11) is 0. The van der Waals surface area contributed by atoms with E-state index in [1.165, 1.54) is 0 Å². The molecule has 7 nitrogen and oxygen atoms in total. The molecule has 3 heterocycles. The number of rotatable bonds is 4. The van der Waals surface area contributed by atoms with Crippen molar-refractivity contribution in [2.75, 3.05) is 32.8 Å². The fraction of sp³-hybridized carbons (Fsp3) is 0.680. The van der Waals surface area contributed by atoms with E-state index in [0.717, 1.165) is 31.5 Å². The standard InChI is InChI=1S/C25H37N3O4/c1-17(2)27-11-7-20(8-12-27)26-23(29)19(4)28-16-25(9-13-31-14-10-25)32-22-6-5-18(3)15-21(22)24(28)30/h5-6,15,17,19-20H,7-14,16H2,1-4H3,(H,26,29). The number of carbonyl (C=O) groups is 2. The third kappa shape index (κ3) is 4.79. The number of hydrogen-bond donors (Lipinski definition) is 1. The molecular weight excluding hydrogens is 406 g/mol. The van der Waals surface area contributed by atoms with Gasteiger partial charge in [0.2, 0.25) is 5.91 Å². The van der Waals surface area contributed by atoms with Gasteiger partial charge >= 0.3 is 0 Å². The van der Waals surface area contributed by atoms with Crippen LogP contribution in [0.2, 0.25) is 0 Å². The molecule has 1 aromatic rings. The molecule has 7 heteroatoms. The molecule has 1 unspecified atom stereocenters. The monoisotopic (exact) mass is 443 g/mol. The molecule has 32 heavy (non-hydrogen) atoms. The average molecular weight is 444 g/mol. The third-order valence-corrected chi connectivity index (χ3v) is 7.27. The van der Waals surface area contributed by atoms with Gasteiger partial charge in [-0.2, -0.15) is 0 Å². The Morgan fingerprint density at radius 3 is 2.50 bits per heavy atom. The van der Waals surface area contributed by atoms with Crippen LogP contribution in [0.25, 0.3) is 0 Å². The van der Waals surface area contributed by atoms with E-state index in [2.05, 4.69) is 24.1 Å². The smallest absolute Gasteiger partial charge is 0.258 e. The number of benzene rings is 1. The van der Waals surface area contributed by atoms with Gasteiger partial charge in [0.1, 0.15) is 17.4 Å². The van der Waals surface area contributed by atoms with Crippen molar-refractivity contribution in [3.8, 4) is 5.75 Å². The number of piperidine rings is 1. The summed E-state index contributed by atoms with van der Waals surface area (Å²) < 4.78 is 12.0. The molecule has 3 aliphatic rings. The first-order valence-corrected chi connectivity index (χ1v) is 12.0. The van der Waals surface area contributed by atoms with Crippen molar-refractivity contribution in [2.24, 2.45) is 0 Å².